The average Bonchev–Trinajstić information content (AvgIpc) is 2.63. The van der Waals surface area contributed by atoms with Gasteiger partial charge in [0.25, 0.3) is 5.91 Å². The topological polar surface area (TPSA) is 58.6 Å². The zero-order chi connectivity index (χ0) is 17.6. The lowest BCUT2D eigenvalue weighted by Crippen LogP contribution is -2.35. The van der Waals surface area contributed by atoms with Crippen LogP contribution in [-0.4, -0.2) is 25.0 Å². The van der Waals surface area contributed by atoms with E-state index in [-0.39, 0.29) is 11.8 Å². The number of ether oxygens (including phenoxy) is 1. The van der Waals surface area contributed by atoms with E-state index in [4.69, 9.17) is 4.74 Å². The van der Waals surface area contributed by atoms with Crippen molar-refractivity contribution >= 4 is 23.2 Å². The number of nitrogens with one attached hydrogen (secondary N) is 1. The van der Waals surface area contributed by atoms with Gasteiger partial charge >= 0.3 is 0 Å². The lowest BCUT2D eigenvalue weighted by Gasteiger charge is -2.27. The van der Waals surface area contributed by atoms with Crippen LogP contribution >= 0.6 is 0 Å². The van der Waals surface area contributed by atoms with Crippen LogP contribution in [-0.2, 0) is 4.79 Å². The number of hydrogen-bond donors (Lipinski definition) is 1. The Labute approximate surface area is 147 Å². The van der Waals surface area contributed by atoms with Gasteiger partial charge in [-0.25, -0.2) is 0 Å². The van der Waals surface area contributed by atoms with Crippen molar-refractivity contribution in [3.8, 4) is 5.75 Å². The van der Waals surface area contributed by atoms with E-state index in [1.54, 1.807) is 29.2 Å². The molecule has 0 spiro atoms. The molecule has 3 rings (SSSR count). The van der Waals surface area contributed by atoms with Crippen LogP contribution in [0.4, 0.5) is 11.4 Å². The fourth-order valence-corrected chi connectivity index (χ4v) is 2.90. The Morgan fingerprint density at radius 2 is 1.96 bits per heavy atom. The van der Waals surface area contributed by atoms with Gasteiger partial charge in [-0.2, -0.15) is 0 Å². The summed E-state index contributed by atoms with van der Waals surface area (Å²) in [4.78, 5) is 26.3. The van der Waals surface area contributed by atoms with Crippen LogP contribution < -0.4 is 15.0 Å². The SMILES string of the molecule is CCOc1ccc(C(=O)Nc2cccc(N3CCCCC3=O)c2)cc1. The summed E-state index contributed by atoms with van der Waals surface area (Å²) in [6.45, 7) is 3.24. The van der Waals surface area contributed by atoms with Gasteiger partial charge in [0.15, 0.2) is 0 Å². The molecule has 0 atom stereocenters. The Hall–Kier alpha value is -2.82. The van der Waals surface area contributed by atoms with E-state index in [2.05, 4.69) is 5.32 Å². The van der Waals surface area contributed by atoms with Crippen molar-refractivity contribution in [1.29, 1.82) is 0 Å². The third-order valence-electron chi connectivity index (χ3n) is 4.17. The highest BCUT2D eigenvalue weighted by molar-refractivity contribution is 6.04. The minimum absolute atomic E-state index is 0.140. The van der Waals surface area contributed by atoms with Crippen molar-refractivity contribution in [2.45, 2.75) is 26.2 Å². The van der Waals surface area contributed by atoms with E-state index in [0.717, 1.165) is 30.8 Å². The molecule has 0 saturated carbocycles. The molecule has 1 N–H and O–H groups in total. The maximum atomic E-state index is 12.4. The van der Waals surface area contributed by atoms with Crippen molar-refractivity contribution in [3.63, 3.8) is 0 Å². The molecule has 130 valence electrons. The van der Waals surface area contributed by atoms with Gasteiger partial charge in [0.1, 0.15) is 5.75 Å². The summed E-state index contributed by atoms with van der Waals surface area (Å²) in [5, 5.41) is 2.89. The van der Waals surface area contributed by atoms with Crippen molar-refractivity contribution < 1.29 is 14.3 Å². The molecule has 0 aliphatic carbocycles. The van der Waals surface area contributed by atoms with Crippen LogP contribution in [0.2, 0.25) is 0 Å². The summed E-state index contributed by atoms with van der Waals surface area (Å²) in [6, 6.07) is 14.4. The van der Waals surface area contributed by atoms with Crippen molar-refractivity contribution in [3.05, 3.63) is 54.1 Å². The minimum atomic E-state index is -0.190. The summed E-state index contributed by atoms with van der Waals surface area (Å²) in [5.41, 5.74) is 2.06. The molecule has 0 bridgehead atoms. The van der Waals surface area contributed by atoms with Crippen molar-refractivity contribution in [1.82, 2.24) is 0 Å². The Morgan fingerprint density at radius 1 is 1.16 bits per heavy atom. The molecule has 5 heteroatoms. The Balaban J connectivity index is 1.71. The van der Waals surface area contributed by atoms with Gasteiger partial charge in [-0.1, -0.05) is 6.07 Å². The Kier molecular flexibility index (Phi) is 5.33. The van der Waals surface area contributed by atoms with Gasteiger partial charge < -0.3 is 15.0 Å². The molecule has 0 unspecified atom stereocenters. The Morgan fingerprint density at radius 3 is 2.68 bits per heavy atom. The summed E-state index contributed by atoms with van der Waals surface area (Å²) in [7, 11) is 0. The van der Waals surface area contributed by atoms with E-state index < -0.39 is 0 Å². The highest BCUT2D eigenvalue weighted by atomic mass is 16.5. The Bertz CT molecular complexity index is 756. The lowest BCUT2D eigenvalue weighted by molar-refractivity contribution is -0.119. The second-order valence-corrected chi connectivity index (χ2v) is 5.96. The molecule has 2 aromatic rings. The smallest absolute Gasteiger partial charge is 0.255 e. The average molecular weight is 338 g/mol. The van der Waals surface area contributed by atoms with Crippen LogP contribution in [0.5, 0.6) is 5.75 Å². The summed E-state index contributed by atoms with van der Waals surface area (Å²) >= 11 is 0. The first-order valence-corrected chi connectivity index (χ1v) is 8.62. The summed E-state index contributed by atoms with van der Waals surface area (Å²) in [6.07, 6.45) is 2.54. The zero-order valence-corrected chi connectivity index (χ0v) is 14.3. The third kappa shape index (κ3) is 4.18. The van der Waals surface area contributed by atoms with E-state index in [0.29, 0.717) is 24.3 Å². The molecule has 2 aromatic carbocycles. The lowest BCUT2D eigenvalue weighted by atomic mass is 10.1. The molecule has 0 aromatic heterocycles. The fourth-order valence-electron chi connectivity index (χ4n) is 2.90. The van der Waals surface area contributed by atoms with Crippen LogP contribution in [0.15, 0.2) is 48.5 Å². The van der Waals surface area contributed by atoms with Gasteiger partial charge in [0.05, 0.1) is 6.61 Å². The molecule has 1 aliphatic heterocycles. The number of carbonyl (C=O) groups excluding carboxylic acids is 2. The van der Waals surface area contributed by atoms with Crippen LogP contribution in [0.3, 0.4) is 0 Å². The first-order chi connectivity index (χ1) is 12.2. The highest BCUT2D eigenvalue weighted by Crippen LogP contribution is 2.24. The van der Waals surface area contributed by atoms with Crippen molar-refractivity contribution in [2.24, 2.45) is 0 Å². The molecule has 5 nitrogen and oxygen atoms in total. The predicted octanol–water partition coefficient (Wildman–Crippen LogP) is 3.85. The molecule has 1 saturated heterocycles. The van der Waals surface area contributed by atoms with E-state index in [1.807, 2.05) is 31.2 Å². The molecule has 2 amide bonds. The summed E-state index contributed by atoms with van der Waals surface area (Å²) in [5.74, 6) is 0.691. The largest absolute Gasteiger partial charge is 0.494 e. The second kappa shape index (κ2) is 7.83. The first kappa shape index (κ1) is 17.0. The summed E-state index contributed by atoms with van der Waals surface area (Å²) < 4.78 is 5.38. The van der Waals surface area contributed by atoms with Gasteiger partial charge in [0.2, 0.25) is 5.91 Å². The predicted molar refractivity (Wildman–Crippen MR) is 98.2 cm³/mol. The maximum Gasteiger partial charge on any atom is 0.255 e. The van der Waals surface area contributed by atoms with Gasteiger partial charge in [-0.15, -0.1) is 0 Å². The van der Waals surface area contributed by atoms with Crippen LogP contribution in [0.25, 0.3) is 0 Å². The highest BCUT2D eigenvalue weighted by Gasteiger charge is 2.19. The molecule has 0 radical (unpaired) electrons. The van der Waals surface area contributed by atoms with E-state index >= 15 is 0 Å². The van der Waals surface area contributed by atoms with Crippen molar-refractivity contribution in [2.75, 3.05) is 23.4 Å². The third-order valence-corrected chi connectivity index (χ3v) is 4.17. The molecule has 1 fully saturated rings. The number of hydrogen-bond acceptors (Lipinski definition) is 3. The number of nitrogens with zero attached hydrogens (tertiary/aromatic N) is 1. The van der Waals surface area contributed by atoms with Crippen LogP contribution in [0.1, 0.15) is 36.5 Å². The monoisotopic (exact) mass is 338 g/mol. The number of rotatable bonds is 5. The van der Waals surface area contributed by atoms with Gasteiger partial charge in [-0.05, 0) is 62.2 Å². The molecule has 1 heterocycles. The number of carbonyl (C=O) groups is 2. The minimum Gasteiger partial charge on any atom is -0.494 e. The van der Waals surface area contributed by atoms with Gasteiger partial charge in [-0.3, -0.25) is 9.59 Å². The second-order valence-electron chi connectivity index (χ2n) is 5.96. The number of anilines is 2. The van der Waals surface area contributed by atoms with E-state index in [1.165, 1.54) is 0 Å². The maximum absolute atomic E-state index is 12.4. The molecule has 25 heavy (non-hydrogen) atoms. The molecular formula is C20H22N2O3. The quantitative estimate of drug-likeness (QED) is 0.901. The first-order valence-electron chi connectivity index (χ1n) is 8.62. The standard InChI is InChI=1S/C20H22N2O3/c1-2-25-18-11-9-15(10-12-18)20(24)21-16-6-5-7-17(14-16)22-13-4-3-8-19(22)23/h5-7,9-12,14H,2-4,8,13H2,1H3,(H,21,24). The zero-order valence-electron chi connectivity index (χ0n) is 14.3. The fraction of sp³-hybridized carbons (Fsp3) is 0.300. The van der Waals surface area contributed by atoms with Crippen LogP contribution in [0, 0.1) is 0 Å². The molecular weight excluding hydrogens is 316 g/mol. The van der Waals surface area contributed by atoms with Gasteiger partial charge in [0, 0.05) is 29.9 Å². The number of piperidine rings is 1. The van der Waals surface area contributed by atoms with E-state index in [9.17, 15) is 9.59 Å². The number of amides is 2. The normalized spacial score (nSPS) is 14.3. The molecule has 1 aliphatic rings. The number of benzene rings is 2.